The fourth-order valence-electron chi connectivity index (χ4n) is 0.598. The number of halogens is 1. The summed E-state index contributed by atoms with van der Waals surface area (Å²) in [6, 6.07) is 0. The van der Waals surface area contributed by atoms with E-state index in [-0.39, 0.29) is 0 Å². The van der Waals surface area contributed by atoms with Gasteiger partial charge in [-0.1, -0.05) is 5.16 Å². The van der Waals surface area contributed by atoms with Gasteiger partial charge in [-0.05, 0) is 22.9 Å². The molecule has 0 spiro atoms. The molecule has 0 radical (unpaired) electrons. The van der Waals surface area contributed by atoms with Gasteiger partial charge in [0.1, 0.15) is 17.8 Å². The summed E-state index contributed by atoms with van der Waals surface area (Å²) < 4.78 is 0.998. The van der Waals surface area contributed by atoms with Gasteiger partial charge in [0.2, 0.25) is 0 Å². The second-order valence-corrected chi connectivity index (χ2v) is 4.24. The fourth-order valence-corrected chi connectivity index (χ4v) is 1.74. The zero-order valence-electron chi connectivity index (χ0n) is 6.17. The van der Waals surface area contributed by atoms with Gasteiger partial charge in [0.05, 0.1) is 9.98 Å². The van der Waals surface area contributed by atoms with Crippen molar-refractivity contribution in [3.63, 3.8) is 0 Å². The number of aromatic nitrogens is 1. The van der Waals surface area contributed by atoms with E-state index in [1.807, 2.05) is 6.92 Å². The highest BCUT2D eigenvalue weighted by Gasteiger charge is 2.02. The van der Waals surface area contributed by atoms with Crippen molar-refractivity contribution in [2.75, 3.05) is 7.11 Å². The van der Waals surface area contributed by atoms with Crippen LogP contribution in [0.5, 0.6) is 0 Å². The summed E-state index contributed by atoms with van der Waals surface area (Å²) in [5, 5.41) is 4.63. The number of hydrogen-bond donors (Lipinski definition) is 0. The third-order valence-electron chi connectivity index (χ3n) is 1.02. The normalized spacial score (nSPS) is 11.7. The maximum Gasteiger partial charge on any atom is 0.141 e. The van der Waals surface area contributed by atoms with E-state index in [4.69, 9.17) is 0 Å². The van der Waals surface area contributed by atoms with Crippen molar-refractivity contribution in [1.29, 1.82) is 0 Å². The average molecular weight is 235 g/mol. The van der Waals surface area contributed by atoms with E-state index >= 15 is 0 Å². The number of thiazole rings is 1. The first-order valence-corrected chi connectivity index (χ1v) is 4.54. The van der Waals surface area contributed by atoms with E-state index in [1.54, 1.807) is 6.20 Å². The Hall–Kier alpha value is -0.420. The van der Waals surface area contributed by atoms with Crippen LogP contribution in [0.2, 0.25) is 0 Å². The largest absolute Gasteiger partial charge is 0.399 e. The first kappa shape index (κ1) is 8.67. The molecular formula is C6H7BrN2OS. The smallest absolute Gasteiger partial charge is 0.141 e. The zero-order valence-corrected chi connectivity index (χ0v) is 8.57. The predicted molar refractivity (Wildman–Crippen MR) is 49.0 cm³/mol. The average Bonchev–Trinajstić information content (AvgIpc) is 2.36. The van der Waals surface area contributed by atoms with Crippen molar-refractivity contribution >= 4 is 33.0 Å². The van der Waals surface area contributed by atoms with Crippen LogP contribution in [0, 0.1) is 0 Å². The molecule has 1 aromatic rings. The molecule has 0 aliphatic heterocycles. The van der Waals surface area contributed by atoms with Gasteiger partial charge in [0.15, 0.2) is 0 Å². The van der Waals surface area contributed by atoms with Gasteiger partial charge in [-0.2, -0.15) is 0 Å². The Morgan fingerprint density at radius 3 is 3.00 bits per heavy atom. The first-order chi connectivity index (χ1) is 5.24. The van der Waals surface area contributed by atoms with Crippen LogP contribution in [0.4, 0.5) is 0 Å². The summed E-state index contributed by atoms with van der Waals surface area (Å²) in [6.45, 7) is 1.86. The monoisotopic (exact) mass is 234 g/mol. The molecule has 0 saturated heterocycles. The second-order valence-electron chi connectivity index (χ2n) is 1.83. The van der Waals surface area contributed by atoms with E-state index in [1.165, 1.54) is 18.4 Å². The zero-order chi connectivity index (χ0) is 8.27. The number of nitrogens with zero attached hydrogens (tertiary/aromatic N) is 2. The van der Waals surface area contributed by atoms with Crippen molar-refractivity contribution in [3.05, 3.63) is 15.0 Å². The molecule has 0 fully saturated rings. The lowest BCUT2D eigenvalue weighted by Crippen LogP contribution is -1.92. The van der Waals surface area contributed by atoms with Gasteiger partial charge in [-0.25, -0.2) is 4.98 Å². The lowest BCUT2D eigenvalue weighted by Gasteiger charge is -1.90. The molecule has 0 amide bonds. The number of hydrogen-bond acceptors (Lipinski definition) is 4. The Bertz CT molecular complexity index is 271. The highest BCUT2D eigenvalue weighted by molar-refractivity contribution is 9.11. The Morgan fingerprint density at radius 1 is 1.82 bits per heavy atom. The third kappa shape index (κ3) is 2.27. The van der Waals surface area contributed by atoms with Gasteiger partial charge < -0.3 is 4.84 Å². The van der Waals surface area contributed by atoms with Crippen LogP contribution < -0.4 is 0 Å². The molecule has 0 aliphatic rings. The minimum absolute atomic E-state index is 0.795. The molecule has 1 rings (SSSR count). The number of oxime groups is 1. The molecule has 3 nitrogen and oxygen atoms in total. The van der Waals surface area contributed by atoms with Crippen molar-refractivity contribution < 1.29 is 4.84 Å². The predicted octanol–water partition coefficient (Wildman–Crippen LogP) is 2.28. The maximum atomic E-state index is 4.61. The second kappa shape index (κ2) is 3.82. The van der Waals surface area contributed by atoms with Gasteiger partial charge >= 0.3 is 0 Å². The molecule has 5 heteroatoms. The minimum atomic E-state index is 0.795. The molecule has 60 valence electrons. The van der Waals surface area contributed by atoms with E-state index in [0.29, 0.717) is 0 Å². The summed E-state index contributed by atoms with van der Waals surface area (Å²) in [7, 11) is 1.52. The summed E-state index contributed by atoms with van der Waals surface area (Å²) in [5.74, 6) is 0. The van der Waals surface area contributed by atoms with Crippen LogP contribution in [0.25, 0.3) is 0 Å². The molecule has 1 aromatic heterocycles. The lowest BCUT2D eigenvalue weighted by atomic mass is 10.5. The Morgan fingerprint density at radius 2 is 2.55 bits per heavy atom. The standard InChI is InChI=1S/C6H7BrN2OS/c1-4(9-10-2)6-8-3-5(7)11-6/h3H,1-2H3/b9-4-. The van der Waals surface area contributed by atoms with Crippen LogP contribution in [-0.4, -0.2) is 17.8 Å². The molecule has 0 bridgehead atoms. The van der Waals surface area contributed by atoms with E-state index in [0.717, 1.165) is 14.5 Å². The van der Waals surface area contributed by atoms with Crippen LogP contribution in [0.15, 0.2) is 15.1 Å². The molecule has 1 heterocycles. The van der Waals surface area contributed by atoms with E-state index in [9.17, 15) is 0 Å². The van der Waals surface area contributed by atoms with Crippen molar-refractivity contribution in [2.45, 2.75) is 6.92 Å². The van der Waals surface area contributed by atoms with E-state index in [2.05, 4.69) is 30.9 Å². The summed E-state index contributed by atoms with van der Waals surface area (Å²) in [4.78, 5) is 8.70. The van der Waals surface area contributed by atoms with Crippen molar-refractivity contribution in [1.82, 2.24) is 4.98 Å². The topological polar surface area (TPSA) is 34.5 Å². The highest BCUT2D eigenvalue weighted by atomic mass is 79.9. The van der Waals surface area contributed by atoms with E-state index < -0.39 is 0 Å². The molecule has 0 N–H and O–H groups in total. The molecular weight excluding hydrogens is 228 g/mol. The molecule has 0 atom stereocenters. The van der Waals surface area contributed by atoms with Gasteiger partial charge in [-0.3, -0.25) is 0 Å². The fraction of sp³-hybridized carbons (Fsp3) is 0.333. The van der Waals surface area contributed by atoms with Crippen molar-refractivity contribution in [2.24, 2.45) is 5.16 Å². The van der Waals surface area contributed by atoms with Crippen molar-refractivity contribution in [3.8, 4) is 0 Å². The summed E-state index contributed by atoms with van der Waals surface area (Å²) in [6.07, 6.45) is 1.74. The quantitative estimate of drug-likeness (QED) is 0.582. The van der Waals surface area contributed by atoms with Crippen LogP contribution in [0.3, 0.4) is 0 Å². The van der Waals surface area contributed by atoms with Gasteiger partial charge in [0.25, 0.3) is 0 Å². The first-order valence-electron chi connectivity index (χ1n) is 2.93. The molecule has 11 heavy (non-hydrogen) atoms. The Kier molecular flexibility index (Phi) is 3.02. The number of rotatable bonds is 2. The lowest BCUT2D eigenvalue weighted by molar-refractivity contribution is 0.213. The van der Waals surface area contributed by atoms with Gasteiger partial charge in [0, 0.05) is 0 Å². The molecule has 0 aliphatic carbocycles. The summed E-state index contributed by atoms with van der Waals surface area (Å²) >= 11 is 4.84. The minimum Gasteiger partial charge on any atom is -0.399 e. The highest BCUT2D eigenvalue weighted by Crippen LogP contribution is 2.19. The molecule has 0 aromatic carbocycles. The third-order valence-corrected chi connectivity index (χ3v) is 2.60. The Labute approximate surface area is 77.2 Å². The maximum absolute atomic E-state index is 4.61. The van der Waals surface area contributed by atoms with Crippen LogP contribution in [-0.2, 0) is 4.84 Å². The molecule has 0 saturated carbocycles. The van der Waals surface area contributed by atoms with Crippen LogP contribution in [0.1, 0.15) is 11.9 Å². The summed E-state index contributed by atoms with van der Waals surface area (Å²) in [5.41, 5.74) is 0.795. The van der Waals surface area contributed by atoms with Crippen LogP contribution >= 0.6 is 27.3 Å². The molecule has 0 unspecified atom stereocenters. The van der Waals surface area contributed by atoms with Gasteiger partial charge in [-0.15, -0.1) is 11.3 Å². The Balaban J connectivity index is 2.84. The SMILES string of the molecule is CO/N=C(/C)c1ncc(Br)s1.